The molecule has 3 aromatic heterocycles. The van der Waals surface area contributed by atoms with Crippen molar-refractivity contribution in [1.29, 1.82) is 0 Å². The first kappa shape index (κ1) is 30.8. The maximum Gasteiger partial charge on any atom is 0.410 e. The summed E-state index contributed by atoms with van der Waals surface area (Å²) < 4.78 is 65.7. The van der Waals surface area contributed by atoms with Gasteiger partial charge < -0.3 is 9.64 Å². The van der Waals surface area contributed by atoms with Gasteiger partial charge in [-0.25, -0.2) is 32.0 Å². The molecule has 47 heavy (non-hydrogen) atoms. The van der Waals surface area contributed by atoms with Crippen LogP contribution in [0.15, 0.2) is 67.3 Å². The number of benzene rings is 2. The largest absolute Gasteiger partial charge is 0.444 e. The van der Waals surface area contributed by atoms with Crippen molar-refractivity contribution in [1.82, 2.24) is 29.2 Å². The highest BCUT2D eigenvalue weighted by molar-refractivity contribution is 7.93. The predicted octanol–water partition coefficient (Wildman–Crippen LogP) is 6.32. The van der Waals surface area contributed by atoms with Gasteiger partial charge in [-0.2, -0.15) is 5.10 Å². The van der Waals surface area contributed by atoms with E-state index >= 15 is 0 Å². The van der Waals surface area contributed by atoms with Crippen molar-refractivity contribution >= 4 is 33.0 Å². The third kappa shape index (κ3) is 6.42. The van der Waals surface area contributed by atoms with Crippen molar-refractivity contribution in [2.24, 2.45) is 0 Å². The number of aromatic nitrogens is 5. The topological polar surface area (TPSA) is 124 Å². The average Bonchev–Trinajstić information content (AvgIpc) is 3.37. The van der Waals surface area contributed by atoms with Crippen LogP contribution in [0.4, 0.5) is 19.4 Å². The number of nitrogens with zero attached hydrogens (tertiary/aromatic N) is 6. The number of likely N-dealkylation sites (tertiary alicyclic amines) is 1. The molecule has 0 bridgehead atoms. The van der Waals surface area contributed by atoms with Gasteiger partial charge >= 0.3 is 6.09 Å². The van der Waals surface area contributed by atoms with E-state index < -0.39 is 32.5 Å². The van der Waals surface area contributed by atoms with Crippen molar-refractivity contribution in [3.8, 4) is 28.1 Å². The van der Waals surface area contributed by atoms with E-state index in [1.807, 2.05) is 49.8 Å². The first-order valence-electron chi connectivity index (χ1n) is 15.3. The van der Waals surface area contributed by atoms with Gasteiger partial charge in [-0.3, -0.25) is 14.0 Å². The second-order valence-electron chi connectivity index (χ2n) is 13.0. The van der Waals surface area contributed by atoms with Gasteiger partial charge in [-0.15, -0.1) is 0 Å². The van der Waals surface area contributed by atoms with Crippen LogP contribution in [0.5, 0.6) is 0 Å². The van der Waals surface area contributed by atoms with Crippen LogP contribution in [-0.2, 0) is 14.8 Å². The van der Waals surface area contributed by atoms with E-state index in [0.29, 0.717) is 48.3 Å². The van der Waals surface area contributed by atoms with Gasteiger partial charge in [0, 0.05) is 36.5 Å². The number of pyridine rings is 1. The Hall–Kier alpha value is -4.85. The summed E-state index contributed by atoms with van der Waals surface area (Å²) in [4.78, 5) is 23.3. The SMILES string of the molecule is CC(C)(C)OC(=O)N1CCC(n2cc(-c3ccc4c(c3)ncn4-c3cc(-c4ccc(F)cc4F)cc(NS(=O)(=O)C4CC4)n3)cn2)C1. The summed E-state index contributed by atoms with van der Waals surface area (Å²) >= 11 is 0. The number of anilines is 1. The molecular weight excluding hydrogens is 628 g/mol. The Morgan fingerprint density at radius 1 is 1.00 bits per heavy atom. The standard InChI is InChI=1S/C33H33F2N7O4S/c1-33(2,3)46-32(43)40-11-10-24(18-40)42-17-22(16-37-42)20-4-9-29-28(12-20)36-19-41(29)31-14-21(26-8-5-23(34)15-27(26)35)13-30(38-31)39-47(44,45)25-6-7-25/h4-5,8-9,12-17,19,24-25H,6-7,10-11,18H2,1-3H3,(H,38,39). The van der Waals surface area contributed by atoms with E-state index in [2.05, 4.69) is 19.8 Å². The van der Waals surface area contributed by atoms with E-state index in [4.69, 9.17) is 4.74 Å². The van der Waals surface area contributed by atoms with E-state index in [9.17, 15) is 22.0 Å². The average molecular weight is 662 g/mol. The zero-order valence-corrected chi connectivity index (χ0v) is 26.8. The van der Waals surface area contributed by atoms with Gasteiger partial charge in [-0.05, 0) is 87.6 Å². The minimum atomic E-state index is -3.66. The van der Waals surface area contributed by atoms with Gasteiger partial charge in [0.05, 0.1) is 28.5 Å². The first-order chi connectivity index (χ1) is 22.3. The third-order valence-corrected chi connectivity index (χ3v) is 10.0. The molecule has 2 aromatic carbocycles. The highest BCUT2D eigenvalue weighted by Crippen LogP contribution is 2.33. The van der Waals surface area contributed by atoms with Crippen LogP contribution in [-0.4, -0.2) is 67.7 Å². The summed E-state index contributed by atoms with van der Waals surface area (Å²) in [7, 11) is -3.66. The highest BCUT2D eigenvalue weighted by atomic mass is 32.2. The summed E-state index contributed by atoms with van der Waals surface area (Å²) in [6.45, 7) is 6.63. The molecule has 2 aliphatic rings. The van der Waals surface area contributed by atoms with Crippen LogP contribution >= 0.6 is 0 Å². The molecule has 2 fully saturated rings. The highest BCUT2D eigenvalue weighted by Gasteiger charge is 2.36. The number of imidazole rings is 1. The summed E-state index contributed by atoms with van der Waals surface area (Å²) in [6.07, 6.45) is 6.84. The Balaban J connectivity index is 1.17. The summed E-state index contributed by atoms with van der Waals surface area (Å²) in [5.41, 5.74) is 2.95. The molecule has 1 unspecified atom stereocenters. The summed E-state index contributed by atoms with van der Waals surface area (Å²) in [5.74, 6) is -1.17. The lowest BCUT2D eigenvalue weighted by molar-refractivity contribution is 0.0288. The molecule has 244 valence electrons. The minimum Gasteiger partial charge on any atom is -0.444 e. The molecule has 4 heterocycles. The fraction of sp³-hybridized carbons (Fsp3) is 0.333. The molecule has 1 saturated carbocycles. The molecule has 0 radical (unpaired) electrons. The van der Waals surface area contributed by atoms with Crippen LogP contribution in [0.1, 0.15) is 46.1 Å². The molecule has 11 nitrogen and oxygen atoms in total. The monoisotopic (exact) mass is 661 g/mol. The normalized spacial score (nSPS) is 17.0. The maximum absolute atomic E-state index is 14.8. The third-order valence-electron chi connectivity index (χ3n) is 8.18. The van der Waals surface area contributed by atoms with Crippen LogP contribution in [0.25, 0.3) is 39.1 Å². The van der Waals surface area contributed by atoms with Gasteiger partial charge in [-0.1, -0.05) is 6.07 Å². The van der Waals surface area contributed by atoms with Crippen LogP contribution < -0.4 is 4.72 Å². The number of hydrogen-bond donors (Lipinski definition) is 1. The first-order valence-corrected chi connectivity index (χ1v) is 16.9. The molecule has 0 spiro atoms. The van der Waals surface area contributed by atoms with Crippen molar-refractivity contribution in [3.05, 3.63) is 78.9 Å². The van der Waals surface area contributed by atoms with Gasteiger partial charge in [0.1, 0.15) is 35.2 Å². The fourth-order valence-electron chi connectivity index (χ4n) is 5.69. The smallest absolute Gasteiger partial charge is 0.410 e. The number of nitrogens with one attached hydrogen (secondary N) is 1. The molecular formula is C33H33F2N7O4S. The lowest BCUT2D eigenvalue weighted by Crippen LogP contribution is -2.35. The second-order valence-corrected chi connectivity index (χ2v) is 14.9. The molecule has 7 rings (SSSR count). The molecule has 5 aromatic rings. The number of carbonyl (C=O) groups excluding carboxylic acids is 1. The maximum atomic E-state index is 14.8. The quantitative estimate of drug-likeness (QED) is 0.217. The van der Waals surface area contributed by atoms with E-state index in [0.717, 1.165) is 29.7 Å². The number of rotatable bonds is 7. The molecule has 14 heteroatoms. The van der Waals surface area contributed by atoms with Gasteiger partial charge in [0.15, 0.2) is 0 Å². The van der Waals surface area contributed by atoms with Crippen molar-refractivity contribution < 1.29 is 26.7 Å². The number of carbonyl (C=O) groups is 1. The fourth-order valence-corrected chi connectivity index (χ4v) is 7.01. The Morgan fingerprint density at radius 2 is 1.81 bits per heavy atom. The van der Waals surface area contributed by atoms with E-state index in [1.165, 1.54) is 12.1 Å². The van der Waals surface area contributed by atoms with Crippen LogP contribution in [0.3, 0.4) is 0 Å². The summed E-state index contributed by atoms with van der Waals surface area (Å²) in [6, 6.07) is 12.0. The summed E-state index contributed by atoms with van der Waals surface area (Å²) in [5, 5.41) is 4.08. The molecule has 1 amide bonds. The van der Waals surface area contributed by atoms with E-state index in [1.54, 1.807) is 28.1 Å². The Bertz CT molecular complexity index is 2120. The van der Waals surface area contributed by atoms with Crippen LogP contribution in [0, 0.1) is 11.6 Å². The zero-order chi connectivity index (χ0) is 33.1. The molecule has 1 atom stereocenters. The van der Waals surface area contributed by atoms with Crippen LogP contribution in [0.2, 0.25) is 0 Å². The predicted molar refractivity (Wildman–Crippen MR) is 172 cm³/mol. The minimum absolute atomic E-state index is 0.0232. The lowest BCUT2D eigenvalue weighted by Gasteiger charge is -2.24. The zero-order valence-electron chi connectivity index (χ0n) is 26.0. The number of halogens is 2. The van der Waals surface area contributed by atoms with E-state index in [-0.39, 0.29) is 23.5 Å². The number of fused-ring (bicyclic) bond motifs is 1. The van der Waals surface area contributed by atoms with Gasteiger partial charge in [0.25, 0.3) is 0 Å². The number of sulfonamides is 1. The Kier molecular flexibility index (Phi) is 7.49. The Morgan fingerprint density at radius 3 is 2.55 bits per heavy atom. The molecule has 1 aliphatic carbocycles. The molecule has 1 saturated heterocycles. The van der Waals surface area contributed by atoms with Crippen molar-refractivity contribution in [3.63, 3.8) is 0 Å². The molecule has 1 aliphatic heterocycles. The second kappa shape index (κ2) is 11.4. The molecule has 1 N–H and O–H groups in total. The van der Waals surface area contributed by atoms with Crippen molar-refractivity contribution in [2.45, 2.75) is 56.9 Å². The van der Waals surface area contributed by atoms with Crippen molar-refractivity contribution in [2.75, 3.05) is 17.8 Å². The lowest BCUT2D eigenvalue weighted by atomic mass is 10.1. The number of ether oxygens (including phenoxy) is 1. The Labute approximate surface area is 270 Å². The number of hydrogen-bond acceptors (Lipinski definition) is 7. The number of amides is 1. The van der Waals surface area contributed by atoms with Gasteiger partial charge in [0.2, 0.25) is 10.0 Å².